The molecule has 0 aromatic heterocycles. The van der Waals surface area contributed by atoms with Crippen molar-refractivity contribution in [2.24, 2.45) is 0 Å². The van der Waals surface area contributed by atoms with E-state index in [9.17, 15) is 0 Å². The highest BCUT2D eigenvalue weighted by Crippen LogP contribution is 2.36. The first kappa shape index (κ1) is 8.97. The van der Waals surface area contributed by atoms with Gasteiger partial charge in [0, 0.05) is 21.1 Å². The van der Waals surface area contributed by atoms with Gasteiger partial charge in [0.15, 0.2) is 0 Å². The quantitative estimate of drug-likeness (QED) is 0.431. The molecular formula is C6H7S4. The minimum absolute atomic E-state index is 0.808. The van der Waals surface area contributed by atoms with Crippen molar-refractivity contribution in [3.63, 3.8) is 0 Å². The van der Waals surface area contributed by atoms with Crippen LogP contribution in [0.5, 0.6) is 0 Å². The van der Waals surface area contributed by atoms with Crippen molar-refractivity contribution in [3.8, 4) is 0 Å². The Bertz CT molecular complexity index is 190. The van der Waals surface area contributed by atoms with Crippen LogP contribution in [-0.2, 0) is 0 Å². The van der Waals surface area contributed by atoms with Gasteiger partial charge >= 0.3 is 0 Å². The van der Waals surface area contributed by atoms with E-state index in [1.807, 2.05) is 6.42 Å². The zero-order chi connectivity index (χ0) is 7.72. The summed E-state index contributed by atoms with van der Waals surface area (Å²) in [5.74, 6) is 0. The van der Waals surface area contributed by atoms with Crippen LogP contribution < -0.4 is 0 Å². The van der Waals surface area contributed by atoms with Crippen molar-refractivity contribution in [2.45, 2.75) is 6.42 Å². The Hall–Kier alpha value is 0.880. The molecule has 0 aromatic carbocycles. The summed E-state index contributed by atoms with van der Waals surface area (Å²) in [5, 5.41) is 0. The van der Waals surface area contributed by atoms with Crippen molar-refractivity contribution >= 4 is 50.5 Å². The van der Waals surface area contributed by atoms with E-state index in [2.05, 4.69) is 50.5 Å². The van der Waals surface area contributed by atoms with Gasteiger partial charge in [0.05, 0.1) is 0 Å². The Morgan fingerprint density at radius 1 is 1.00 bits per heavy atom. The van der Waals surface area contributed by atoms with E-state index in [0.29, 0.717) is 0 Å². The summed E-state index contributed by atoms with van der Waals surface area (Å²) in [5.41, 5.74) is 0. The van der Waals surface area contributed by atoms with Crippen LogP contribution in [0.15, 0.2) is 19.6 Å². The molecule has 0 aliphatic heterocycles. The highest BCUT2D eigenvalue weighted by atomic mass is 32.1. The van der Waals surface area contributed by atoms with Crippen LogP contribution in [0.3, 0.4) is 0 Å². The molecule has 55 valence electrons. The highest BCUT2D eigenvalue weighted by Gasteiger charge is 2.12. The van der Waals surface area contributed by atoms with Gasteiger partial charge in [-0.05, 0) is 11.3 Å². The smallest absolute Gasteiger partial charge is 0.0278 e. The molecule has 4 heteroatoms. The van der Waals surface area contributed by atoms with E-state index in [1.54, 1.807) is 0 Å². The minimum atomic E-state index is 0.808. The second kappa shape index (κ2) is 3.52. The molecule has 0 saturated carbocycles. The Morgan fingerprint density at radius 2 is 1.60 bits per heavy atom. The lowest BCUT2D eigenvalue weighted by Gasteiger charge is -2.14. The van der Waals surface area contributed by atoms with Gasteiger partial charge in [-0.1, -0.05) is 0 Å². The molecule has 0 unspecified atom stereocenters. The molecular weight excluding hydrogens is 200 g/mol. The Morgan fingerprint density at radius 3 is 2.10 bits per heavy atom. The maximum Gasteiger partial charge on any atom is 0.0278 e. The van der Waals surface area contributed by atoms with Crippen molar-refractivity contribution in [2.75, 3.05) is 0 Å². The summed E-state index contributed by atoms with van der Waals surface area (Å²) in [7, 11) is 0. The number of hydrogen-bond donors (Lipinski definition) is 4. The third-order valence-electron chi connectivity index (χ3n) is 1.23. The van der Waals surface area contributed by atoms with Crippen LogP contribution in [0.4, 0.5) is 0 Å². The van der Waals surface area contributed by atoms with E-state index < -0.39 is 0 Å². The first-order valence-corrected chi connectivity index (χ1v) is 4.48. The summed E-state index contributed by atoms with van der Waals surface area (Å²) in [4.78, 5) is 3.47. The van der Waals surface area contributed by atoms with Gasteiger partial charge in [0.1, 0.15) is 0 Å². The average molecular weight is 207 g/mol. The molecule has 0 spiro atoms. The fraction of sp³-hybridized carbons (Fsp3) is 0.167. The molecule has 1 aliphatic carbocycles. The molecule has 10 heavy (non-hydrogen) atoms. The van der Waals surface area contributed by atoms with Crippen LogP contribution in [0.2, 0.25) is 0 Å². The molecule has 0 aromatic rings. The molecule has 0 N–H and O–H groups in total. The third-order valence-corrected chi connectivity index (χ3v) is 3.53. The Kier molecular flexibility index (Phi) is 3.16. The summed E-state index contributed by atoms with van der Waals surface area (Å²) >= 11 is 16.8. The van der Waals surface area contributed by atoms with Crippen LogP contribution in [0.1, 0.15) is 6.42 Å². The van der Waals surface area contributed by atoms with Crippen LogP contribution in [-0.4, -0.2) is 0 Å². The maximum atomic E-state index is 4.21. The molecule has 1 radical (unpaired) electrons. The molecule has 0 saturated heterocycles. The van der Waals surface area contributed by atoms with Gasteiger partial charge in [-0.3, -0.25) is 0 Å². The Labute approximate surface area is 82.8 Å². The summed E-state index contributed by atoms with van der Waals surface area (Å²) in [6, 6.07) is 0. The molecule has 1 rings (SSSR count). The third kappa shape index (κ3) is 1.72. The predicted molar refractivity (Wildman–Crippen MR) is 58.9 cm³/mol. The lowest BCUT2D eigenvalue weighted by atomic mass is 10.2. The van der Waals surface area contributed by atoms with Gasteiger partial charge < -0.3 is 0 Å². The van der Waals surface area contributed by atoms with Crippen molar-refractivity contribution in [1.29, 1.82) is 0 Å². The maximum absolute atomic E-state index is 4.21. The van der Waals surface area contributed by atoms with Crippen LogP contribution >= 0.6 is 50.5 Å². The van der Waals surface area contributed by atoms with Crippen LogP contribution in [0, 0.1) is 6.42 Å². The van der Waals surface area contributed by atoms with Crippen LogP contribution in [0.25, 0.3) is 0 Å². The first-order valence-electron chi connectivity index (χ1n) is 2.69. The van der Waals surface area contributed by atoms with E-state index in [-0.39, 0.29) is 0 Å². The molecule has 0 atom stereocenters. The minimum Gasteiger partial charge on any atom is -0.147 e. The number of rotatable bonds is 0. The van der Waals surface area contributed by atoms with Gasteiger partial charge in [0.25, 0.3) is 0 Å². The second-order valence-electron chi connectivity index (χ2n) is 1.94. The molecule has 0 fully saturated rings. The zero-order valence-electron chi connectivity index (χ0n) is 5.07. The van der Waals surface area contributed by atoms with Gasteiger partial charge in [-0.25, -0.2) is 0 Å². The average Bonchev–Trinajstić information content (AvgIpc) is 1.93. The molecule has 0 nitrogen and oxygen atoms in total. The Balaban J connectivity index is 3.01. The fourth-order valence-corrected chi connectivity index (χ4v) is 1.67. The lowest BCUT2D eigenvalue weighted by Crippen LogP contribution is -1.92. The van der Waals surface area contributed by atoms with Crippen molar-refractivity contribution in [3.05, 3.63) is 26.0 Å². The van der Waals surface area contributed by atoms with E-state index in [1.165, 1.54) is 0 Å². The fourth-order valence-electron chi connectivity index (χ4n) is 0.645. The first-order chi connectivity index (χ1) is 4.63. The number of allylic oxidation sites excluding steroid dienone is 2. The highest BCUT2D eigenvalue weighted by molar-refractivity contribution is 7.93. The summed E-state index contributed by atoms with van der Waals surface area (Å²) in [6.07, 6.45) is 2.78. The van der Waals surface area contributed by atoms with Crippen molar-refractivity contribution in [1.82, 2.24) is 0 Å². The number of thiol groups is 4. The summed E-state index contributed by atoms with van der Waals surface area (Å²) in [6.45, 7) is 0. The molecule has 1 aliphatic rings. The molecule has 0 bridgehead atoms. The van der Waals surface area contributed by atoms with Gasteiger partial charge in [-0.2, -0.15) is 0 Å². The standard InChI is InChI=1S/C6H7S4/c7-3-1-2-4(8)6(10)5(3)9/h1,7-10H,2H2. The van der Waals surface area contributed by atoms with E-state index in [4.69, 9.17) is 0 Å². The number of hydrogen-bond acceptors (Lipinski definition) is 4. The van der Waals surface area contributed by atoms with E-state index >= 15 is 0 Å². The van der Waals surface area contributed by atoms with Crippen molar-refractivity contribution < 1.29 is 0 Å². The monoisotopic (exact) mass is 207 g/mol. The second-order valence-corrected chi connectivity index (χ2v) is 3.85. The van der Waals surface area contributed by atoms with Gasteiger partial charge in [0.2, 0.25) is 0 Å². The summed E-state index contributed by atoms with van der Waals surface area (Å²) < 4.78 is 0. The molecule has 0 heterocycles. The SMILES string of the molecule is SC1=C(S)C(S)=C(S)C[CH]1. The van der Waals surface area contributed by atoms with E-state index in [0.717, 1.165) is 26.0 Å². The van der Waals surface area contributed by atoms with Gasteiger partial charge in [-0.15, -0.1) is 50.5 Å². The zero-order valence-corrected chi connectivity index (χ0v) is 8.65. The predicted octanol–water partition coefficient (Wildman–Crippen LogP) is 2.74. The molecule has 0 amide bonds. The largest absolute Gasteiger partial charge is 0.147 e. The normalized spacial score (nSPS) is 20.4. The topological polar surface area (TPSA) is 0 Å². The lowest BCUT2D eigenvalue weighted by molar-refractivity contribution is 1.22.